The number of methoxy groups -OCH3 is 1. The molecule has 1 atom stereocenters. The number of halogens is 4. The number of hydrogen-bond donors (Lipinski definition) is 1. The average molecular weight is 553 g/mol. The topological polar surface area (TPSA) is 51.5 Å². The molecule has 0 saturated carbocycles. The summed E-state index contributed by atoms with van der Waals surface area (Å²) >= 11 is 0. The summed E-state index contributed by atoms with van der Waals surface area (Å²) in [7, 11) is 1.50. The zero-order chi connectivity index (χ0) is 28.3. The first kappa shape index (κ1) is 27.1. The van der Waals surface area contributed by atoms with Gasteiger partial charge in [-0.15, -0.1) is 6.58 Å². The number of rotatable bonds is 10. The van der Waals surface area contributed by atoms with Crippen molar-refractivity contribution in [1.29, 1.82) is 0 Å². The van der Waals surface area contributed by atoms with Crippen molar-refractivity contribution in [2.45, 2.75) is 24.9 Å². The summed E-state index contributed by atoms with van der Waals surface area (Å²) in [6.45, 7) is 4.20. The van der Waals surface area contributed by atoms with Gasteiger partial charge >= 0.3 is 6.05 Å². The largest absolute Gasteiger partial charge is 0.497 e. The van der Waals surface area contributed by atoms with Crippen LogP contribution in [0.5, 0.6) is 11.5 Å². The van der Waals surface area contributed by atoms with Gasteiger partial charge in [0.2, 0.25) is 0 Å². The van der Waals surface area contributed by atoms with E-state index in [1.165, 1.54) is 13.2 Å². The van der Waals surface area contributed by atoms with Crippen molar-refractivity contribution in [2.24, 2.45) is 0 Å². The molecule has 0 radical (unpaired) electrons. The SMILES string of the molecule is C=CCC1Cc2c(nn(-c3ccc(F)cc3F)c2NCCOc2ccccc2)C(F)(F)N1c1ccc(OC)cc1. The van der Waals surface area contributed by atoms with Crippen molar-refractivity contribution in [3.8, 4) is 17.2 Å². The predicted molar refractivity (Wildman–Crippen MR) is 146 cm³/mol. The van der Waals surface area contributed by atoms with Gasteiger partial charge in [-0.1, -0.05) is 24.3 Å². The molecule has 6 nitrogen and oxygen atoms in total. The second kappa shape index (κ2) is 11.3. The van der Waals surface area contributed by atoms with Crippen LogP contribution in [0, 0.1) is 11.6 Å². The Morgan fingerprint density at radius 3 is 2.48 bits per heavy atom. The Morgan fingerprint density at radius 1 is 1.05 bits per heavy atom. The minimum Gasteiger partial charge on any atom is -0.497 e. The number of para-hydroxylation sites is 1. The quantitative estimate of drug-likeness (QED) is 0.103. The number of hydrogen-bond acceptors (Lipinski definition) is 5. The lowest BCUT2D eigenvalue weighted by Gasteiger charge is -2.42. The van der Waals surface area contributed by atoms with E-state index in [9.17, 15) is 8.78 Å². The van der Waals surface area contributed by atoms with E-state index in [4.69, 9.17) is 9.47 Å². The van der Waals surface area contributed by atoms with Crippen molar-refractivity contribution >= 4 is 11.5 Å². The van der Waals surface area contributed by atoms with E-state index in [0.29, 0.717) is 17.6 Å². The van der Waals surface area contributed by atoms with Gasteiger partial charge in [-0.3, -0.25) is 0 Å². The van der Waals surface area contributed by atoms with Crippen LogP contribution in [0.25, 0.3) is 5.69 Å². The summed E-state index contributed by atoms with van der Waals surface area (Å²) in [5, 5.41) is 7.34. The minimum absolute atomic E-state index is 0.158. The Hall–Kier alpha value is -4.47. The molecule has 1 N–H and O–H groups in total. The van der Waals surface area contributed by atoms with Crippen LogP contribution in [-0.4, -0.2) is 36.1 Å². The van der Waals surface area contributed by atoms with Gasteiger partial charge in [-0.25, -0.2) is 13.5 Å². The van der Waals surface area contributed by atoms with Crippen LogP contribution in [-0.2, 0) is 12.5 Å². The lowest BCUT2D eigenvalue weighted by atomic mass is 9.93. The van der Waals surface area contributed by atoms with Gasteiger partial charge in [0.25, 0.3) is 0 Å². The summed E-state index contributed by atoms with van der Waals surface area (Å²) < 4.78 is 73.3. The molecule has 1 aromatic heterocycles. The number of ether oxygens (including phenoxy) is 2. The maximum Gasteiger partial charge on any atom is 0.371 e. The van der Waals surface area contributed by atoms with Crippen molar-refractivity contribution < 1.29 is 27.0 Å². The Morgan fingerprint density at radius 2 is 1.80 bits per heavy atom. The van der Waals surface area contributed by atoms with Crippen LogP contribution >= 0.6 is 0 Å². The number of nitrogens with one attached hydrogen (secondary N) is 1. The van der Waals surface area contributed by atoms with Crippen molar-refractivity contribution in [1.82, 2.24) is 9.78 Å². The van der Waals surface area contributed by atoms with Gasteiger partial charge < -0.3 is 19.7 Å². The fourth-order valence-corrected chi connectivity index (χ4v) is 4.92. The molecule has 0 saturated heterocycles. The summed E-state index contributed by atoms with van der Waals surface area (Å²) in [5.41, 5.74) is -0.158. The molecule has 4 aromatic rings. The Bertz CT molecular complexity index is 1480. The fraction of sp³-hybridized carbons (Fsp3) is 0.233. The molecular weight excluding hydrogens is 524 g/mol. The molecule has 40 heavy (non-hydrogen) atoms. The molecule has 10 heteroatoms. The molecule has 1 aliphatic rings. The third-order valence-corrected chi connectivity index (χ3v) is 6.71. The molecule has 1 aliphatic heterocycles. The monoisotopic (exact) mass is 552 g/mol. The van der Waals surface area contributed by atoms with E-state index in [1.807, 2.05) is 18.2 Å². The first-order valence-corrected chi connectivity index (χ1v) is 12.7. The summed E-state index contributed by atoms with van der Waals surface area (Å²) in [6.07, 6.45) is 2.02. The zero-order valence-corrected chi connectivity index (χ0v) is 21.8. The van der Waals surface area contributed by atoms with Gasteiger partial charge in [0.1, 0.15) is 35.4 Å². The second-order valence-corrected chi connectivity index (χ2v) is 9.26. The van der Waals surface area contributed by atoms with Crippen LogP contribution in [0.3, 0.4) is 0 Å². The highest BCUT2D eigenvalue weighted by atomic mass is 19.3. The van der Waals surface area contributed by atoms with E-state index < -0.39 is 29.4 Å². The number of alkyl halides is 2. The minimum atomic E-state index is -3.56. The van der Waals surface area contributed by atoms with Gasteiger partial charge in [0.05, 0.1) is 13.7 Å². The van der Waals surface area contributed by atoms with Gasteiger partial charge in [0, 0.05) is 23.4 Å². The molecule has 208 valence electrons. The molecule has 0 spiro atoms. The summed E-state index contributed by atoms with van der Waals surface area (Å²) in [6, 6.07) is 14.2. The average Bonchev–Trinajstić information content (AvgIpc) is 3.31. The van der Waals surface area contributed by atoms with Crippen molar-refractivity contribution in [3.63, 3.8) is 0 Å². The summed E-state index contributed by atoms with van der Waals surface area (Å²) in [4.78, 5) is 1.01. The Balaban J connectivity index is 1.56. The van der Waals surface area contributed by atoms with Crippen molar-refractivity contribution in [3.05, 3.63) is 108 Å². The van der Waals surface area contributed by atoms with Crippen LogP contribution in [0.15, 0.2) is 85.5 Å². The molecule has 2 heterocycles. The van der Waals surface area contributed by atoms with Gasteiger partial charge in [-0.2, -0.15) is 13.9 Å². The molecule has 3 aromatic carbocycles. The summed E-state index contributed by atoms with van der Waals surface area (Å²) in [5.74, 6) is -0.338. The van der Waals surface area contributed by atoms with Crippen LogP contribution in [0.2, 0.25) is 0 Å². The van der Waals surface area contributed by atoms with E-state index >= 15 is 8.78 Å². The van der Waals surface area contributed by atoms with E-state index in [1.54, 1.807) is 42.5 Å². The van der Waals surface area contributed by atoms with E-state index in [2.05, 4.69) is 17.0 Å². The molecule has 0 fully saturated rings. The molecular formula is C30H28F4N4O2. The smallest absolute Gasteiger partial charge is 0.371 e. The standard InChI is InChI=1S/C30H28F4N4O2/c1-3-7-22-19-25-28(30(33,34)37(22)21-11-13-23(39-2)14-12-21)36-38(27-15-10-20(31)18-26(27)32)29(25)35-16-17-40-24-8-5-4-6-9-24/h3-6,8-15,18,22,35H,1,7,16-17,19H2,2H3. The van der Waals surface area contributed by atoms with E-state index in [-0.39, 0.29) is 48.7 Å². The number of anilines is 2. The first-order chi connectivity index (χ1) is 19.3. The number of aromatic nitrogens is 2. The lowest BCUT2D eigenvalue weighted by Crippen LogP contribution is -2.51. The Kier molecular flexibility index (Phi) is 7.68. The van der Waals surface area contributed by atoms with Crippen LogP contribution < -0.4 is 19.7 Å². The van der Waals surface area contributed by atoms with Crippen molar-refractivity contribution in [2.75, 3.05) is 30.5 Å². The van der Waals surface area contributed by atoms with E-state index in [0.717, 1.165) is 15.6 Å². The van der Waals surface area contributed by atoms with Gasteiger partial charge in [0.15, 0.2) is 11.5 Å². The molecule has 0 bridgehead atoms. The first-order valence-electron chi connectivity index (χ1n) is 12.7. The molecule has 1 unspecified atom stereocenters. The number of nitrogens with zero attached hydrogens (tertiary/aromatic N) is 3. The maximum absolute atomic E-state index is 16.4. The number of benzene rings is 3. The second-order valence-electron chi connectivity index (χ2n) is 9.26. The highest BCUT2D eigenvalue weighted by Gasteiger charge is 2.52. The third kappa shape index (κ3) is 5.21. The molecule has 0 aliphatic carbocycles. The molecule has 0 amide bonds. The van der Waals surface area contributed by atoms with Gasteiger partial charge in [-0.05, 0) is 61.4 Å². The third-order valence-electron chi connectivity index (χ3n) is 6.71. The lowest BCUT2D eigenvalue weighted by molar-refractivity contribution is -0.0278. The maximum atomic E-state index is 16.4. The van der Waals surface area contributed by atoms with Crippen LogP contribution in [0.4, 0.5) is 29.1 Å². The Labute approximate surface area is 229 Å². The normalized spacial score (nSPS) is 15.8. The molecule has 5 rings (SSSR count). The number of fused-ring (bicyclic) bond motifs is 1. The predicted octanol–water partition coefficient (Wildman–Crippen LogP) is 6.71. The highest BCUT2D eigenvalue weighted by Crippen LogP contribution is 2.47. The fourth-order valence-electron chi connectivity index (χ4n) is 4.92. The van der Waals surface area contributed by atoms with Crippen LogP contribution in [0.1, 0.15) is 17.7 Å². The highest BCUT2D eigenvalue weighted by molar-refractivity contribution is 5.61. The zero-order valence-electron chi connectivity index (χ0n) is 21.8.